The lowest BCUT2D eigenvalue weighted by molar-refractivity contribution is 0.0820. The van der Waals surface area contributed by atoms with Crippen LogP contribution in [-0.4, -0.2) is 41.6 Å². The molecule has 2 rings (SSSR count). The quantitative estimate of drug-likeness (QED) is 0.594. The Balaban J connectivity index is 2.28. The number of nitrogens with zero attached hydrogens (tertiary/aromatic N) is 3. The van der Waals surface area contributed by atoms with Crippen molar-refractivity contribution in [3.05, 3.63) is 17.5 Å². The first kappa shape index (κ1) is 12.8. The summed E-state index contributed by atoms with van der Waals surface area (Å²) in [5.74, 6) is 0.610. The minimum absolute atomic E-state index is 0.0270. The van der Waals surface area contributed by atoms with Gasteiger partial charge in [0, 0.05) is 25.4 Å². The normalized spacial score (nSPS) is 20.6. The van der Waals surface area contributed by atoms with E-state index in [0.717, 1.165) is 31.8 Å². The number of ether oxygens (including phenoxy) is 1. The van der Waals surface area contributed by atoms with Crippen molar-refractivity contribution in [2.75, 3.05) is 24.6 Å². The molecule has 6 nitrogen and oxygen atoms in total. The Morgan fingerprint density at radius 2 is 2.33 bits per heavy atom. The average Bonchev–Trinajstić information content (AvgIpc) is 2.53. The number of aromatic nitrogens is 2. The lowest BCUT2D eigenvalue weighted by Crippen LogP contribution is -2.32. The second kappa shape index (κ2) is 5.30. The predicted octanol–water partition coefficient (Wildman–Crippen LogP) is 0.684. The minimum atomic E-state index is -0.0270. The van der Waals surface area contributed by atoms with Crippen LogP contribution >= 0.6 is 0 Å². The molecule has 1 aromatic rings. The molecule has 1 aliphatic rings. The SMILES string of the molecule is Cc1cc(C(=N)N)nc(N2CCCOC(C)C2)n1. The van der Waals surface area contributed by atoms with Crippen molar-refractivity contribution in [3.8, 4) is 0 Å². The van der Waals surface area contributed by atoms with Crippen molar-refractivity contribution >= 4 is 11.8 Å². The van der Waals surface area contributed by atoms with Gasteiger partial charge in [-0.3, -0.25) is 5.41 Å². The molecule has 1 atom stereocenters. The van der Waals surface area contributed by atoms with Crippen LogP contribution in [0, 0.1) is 12.3 Å². The lowest BCUT2D eigenvalue weighted by Gasteiger charge is -2.22. The molecule has 0 spiro atoms. The molecule has 0 bridgehead atoms. The zero-order valence-corrected chi connectivity index (χ0v) is 10.8. The zero-order chi connectivity index (χ0) is 13.1. The molecule has 2 heterocycles. The molecule has 3 N–H and O–H groups in total. The summed E-state index contributed by atoms with van der Waals surface area (Å²) in [6.07, 6.45) is 1.12. The third-order valence-corrected chi connectivity index (χ3v) is 2.85. The van der Waals surface area contributed by atoms with Gasteiger partial charge in [0.25, 0.3) is 0 Å². The van der Waals surface area contributed by atoms with Gasteiger partial charge in [0.15, 0.2) is 0 Å². The number of amidine groups is 1. The van der Waals surface area contributed by atoms with E-state index in [1.807, 2.05) is 13.8 Å². The van der Waals surface area contributed by atoms with E-state index in [2.05, 4.69) is 14.9 Å². The van der Waals surface area contributed by atoms with Crippen molar-refractivity contribution < 1.29 is 4.74 Å². The largest absolute Gasteiger partial charge is 0.382 e. The van der Waals surface area contributed by atoms with Crippen molar-refractivity contribution in [1.82, 2.24) is 9.97 Å². The Hall–Kier alpha value is -1.69. The maximum atomic E-state index is 7.47. The number of rotatable bonds is 2. The summed E-state index contributed by atoms with van der Waals surface area (Å²) in [5, 5.41) is 7.47. The molecule has 1 aliphatic heterocycles. The fourth-order valence-corrected chi connectivity index (χ4v) is 2.01. The molecule has 18 heavy (non-hydrogen) atoms. The molecule has 98 valence electrons. The van der Waals surface area contributed by atoms with Gasteiger partial charge in [-0.2, -0.15) is 0 Å². The van der Waals surface area contributed by atoms with Gasteiger partial charge in [-0.25, -0.2) is 9.97 Å². The van der Waals surface area contributed by atoms with Crippen molar-refractivity contribution in [3.63, 3.8) is 0 Å². The van der Waals surface area contributed by atoms with E-state index in [-0.39, 0.29) is 11.9 Å². The number of anilines is 1. The monoisotopic (exact) mass is 249 g/mol. The first-order valence-corrected chi connectivity index (χ1v) is 6.13. The molecule has 6 heteroatoms. The van der Waals surface area contributed by atoms with Crippen LogP contribution in [0.2, 0.25) is 0 Å². The van der Waals surface area contributed by atoms with Gasteiger partial charge in [0.05, 0.1) is 6.10 Å². The number of nitrogens with one attached hydrogen (secondary N) is 1. The van der Waals surface area contributed by atoms with Crippen LogP contribution < -0.4 is 10.6 Å². The van der Waals surface area contributed by atoms with Gasteiger partial charge in [-0.1, -0.05) is 0 Å². The minimum Gasteiger partial charge on any atom is -0.382 e. The van der Waals surface area contributed by atoms with Gasteiger partial charge in [0.1, 0.15) is 11.5 Å². The van der Waals surface area contributed by atoms with Gasteiger partial charge in [0.2, 0.25) is 5.95 Å². The Kier molecular flexibility index (Phi) is 3.76. The van der Waals surface area contributed by atoms with Gasteiger partial charge < -0.3 is 15.4 Å². The topological polar surface area (TPSA) is 88.1 Å². The Bertz CT molecular complexity index is 448. The summed E-state index contributed by atoms with van der Waals surface area (Å²) in [5.41, 5.74) is 6.79. The van der Waals surface area contributed by atoms with E-state index in [0.29, 0.717) is 11.6 Å². The van der Waals surface area contributed by atoms with Crippen LogP contribution in [0.1, 0.15) is 24.7 Å². The Morgan fingerprint density at radius 3 is 3.06 bits per heavy atom. The summed E-state index contributed by atoms with van der Waals surface area (Å²) in [6.45, 7) is 6.32. The summed E-state index contributed by atoms with van der Waals surface area (Å²) < 4.78 is 5.60. The summed E-state index contributed by atoms with van der Waals surface area (Å²) >= 11 is 0. The second-order valence-electron chi connectivity index (χ2n) is 4.59. The summed E-state index contributed by atoms with van der Waals surface area (Å²) in [7, 11) is 0. The van der Waals surface area contributed by atoms with Crippen molar-refractivity contribution in [2.45, 2.75) is 26.4 Å². The average molecular weight is 249 g/mol. The fraction of sp³-hybridized carbons (Fsp3) is 0.583. The number of nitrogen functional groups attached to an aromatic ring is 1. The molecule has 0 amide bonds. The molecule has 1 aromatic heterocycles. The number of nitrogens with two attached hydrogens (primary N) is 1. The summed E-state index contributed by atoms with van der Waals surface area (Å²) in [6, 6.07) is 1.73. The summed E-state index contributed by atoms with van der Waals surface area (Å²) in [4.78, 5) is 10.9. The third-order valence-electron chi connectivity index (χ3n) is 2.85. The lowest BCUT2D eigenvalue weighted by atomic mass is 10.3. The molecular formula is C12H19N5O. The van der Waals surface area contributed by atoms with Crippen LogP contribution in [0.25, 0.3) is 0 Å². The third kappa shape index (κ3) is 2.95. The van der Waals surface area contributed by atoms with Crippen LogP contribution in [0.15, 0.2) is 6.07 Å². The maximum Gasteiger partial charge on any atom is 0.226 e. The highest BCUT2D eigenvalue weighted by Crippen LogP contribution is 2.14. The molecule has 1 saturated heterocycles. The van der Waals surface area contributed by atoms with E-state index >= 15 is 0 Å². The molecule has 0 aromatic carbocycles. The standard InChI is InChI=1S/C12H19N5O/c1-8-6-10(11(13)14)16-12(15-8)17-4-3-5-18-9(2)7-17/h6,9H,3-5,7H2,1-2H3,(H3,13,14). The van der Waals surface area contributed by atoms with E-state index in [4.69, 9.17) is 15.9 Å². The van der Waals surface area contributed by atoms with Gasteiger partial charge in [-0.05, 0) is 26.3 Å². The first-order chi connectivity index (χ1) is 8.56. The van der Waals surface area contributed by atoms with E-state index in [1.165, 1.54) is 0 Å². The Labute approximate surface area is 107 Å². The smallest absolute Gasteiger partial charge is 0.226 e. The highest BCUT2D eigenvalue weighted by Gasteiger charge is 2.18. The zero-order valence-electron chi connectivity index (χ0n) is 10.8. The van der Waals surface area contributed by atoms with E-state index in [1.54, 1.807) is 6.07 Å². The van der Waals surface area contributed by atoms with Gasteiger partial charge in [-0.15, -0.1) is 0 Å². The fourth-order valence-electron chi connectivity index (χ4n) is 2.01. The number of hydrogen-bond donors (Lipinski definition) is 2. The van der Waals surface area contributed by atoms with Crippen molar-refractivity contribution in [2.24, 2.45) is 5.73 Å². The van der Waals surface area contributed by atoms with Crippen LogP contribution in [-0.2, 0) is 4.74 Å². The van der Waals surface area contributed by atoms with Crippen molar-refractivity contribution in [1.29, 1.82) is 5.41 Å². The van der Waals surface area contributed by atoms with Crippen LogP contribution in [0.4, 0.5) is 5.95 Å². The molecule has 0 aliphatic carbocycles. The predicted molar refractivity (Wildman–Crippen MR) is 70.0 cm³/mol. The Morgan fingerprint density at radius 1 is 1.56 bits per heavy atom. The molecule has 1 fully saturated rings. The van der Waals surface area contributed by atoms with Crippen LogP contribution in [0.3, 0.4) is 0 Å². The van der Waals surface area contributed by atoms with E-state index < -0.39 is 0 Å². The molecular weight excluding hydrogens is 230 g/mol. The number of aryl methyl sites for hydroxylation is 1. The number of hydrogen-bond acceptors (Lipinski definition) is 5. The first-order valence-electron chi connectivity index (χ1n) is 6.13. The second-order valence-corrected chi connectivity index (χ2v) is 4.59. The van der Waals surface area contributed by atoms with Gasteiger partial charge >= 0.3 is 0 Å². The van der Waals surface area contributed by atoms with Crippen LogP contribution in [0.5, 0.6) is 0 Å². The van der Waals surface area contributed by atoms with E-state index in [9.17, 15) is 0 Å². The highest BCUT2D eigenvalue weighted by molar-refractivity contribution is 5.93. The molecule has 0 saturated carbocycles. The molecule has 0 radical (unpaired) electrons. The highest BCUT2D eigenvalue weighted by atomic mass is 16.5. The maximum absolute atomic E-state index is 7.47. The molecule has 1 unspecified atom stereocenters.